The molecule has 0 aliphatic heterocycles. The number of benzene rings is 6. The molecule has 0 saturated heterocycles. The first-order chi connectivity index (χ1) is 26.7. The summed E-state index contributed by atoms with van der Waals surface area (Å²) in [5, 5.41) is 2.73. The van der Waals surface area contributed by atoms with E-state index in [1.807, 2.05) is 11.3 Å². The molecule has 1 heterocycles. The van der Waals surface area contributed by atoms with Crippen molar-refractivity contribution < 1.29 is 0 Å². The summed E-state index contributed by atoms with van der Waals surface area (Å²) in [5.41, 5.74) is 16.4. The van der Waals surface area contributed by atoms with Crippen LogP contribution in [0.3, 0.4) is 0 Å². The van der Waals surface area contributed by atoms with E-state index in [1.165, 1.54) is 124 Å². The molecule has 7 aliphatic rings. The molecule has 5 saturated carbocycles. The highest BCUT2D eigenvalue weighted by atomic mass is 32.1. The molecule has 264 valence electrons. The quantitative estimate of drug-likeness (QED) is 0.176. The Balaban J connectivity index is 1.07. The highest BCUT2D eigenvalue weighted by Gasteiger charge is 2.61. The molecule has 6 aromatic carbocycles. The molecular weight excluding hydrogens is 671 g/mol. The van der Waals surface area contributed by atoms with Crippen molar-refractivity contribution in [1.29, 1.82) is 0 Å². The van der Waals surface area contributed by atoms with Gasteiger partial charge in [0.2, 0.25) is 0 Å². The molecule has 0 unspecified atom stereocenters. The Hall–Kier alpha value is -4.66. The summed E-state index contributed by atoms with van der Waals surface area (Å²) in [7, 11) is 0. The molecule has 2 spiro atoms. The van der Waals surface area contributed by atoms with Gasteiger partial charge in [-0.1, -0.05) is 104 Å². The number of anilines is 3. The lowest BCUT2D eigenvalue weighted by Crippen LogP contribution is -2.55. The van der Waals surface area contributed by atoms with E-state index in [1.54, 1.807) is 22.3 Å². The lowest BCUT2D eigenvalue weighted by atomic mass is 9.43. The summed E-state index contributed by atoms with van der Waals surface area (Å²) in [6.45, 7) is 0. The van der Waals surface area contributed by atoms with Gasteiger partial charge in [-0.05, 0) is 156 Å². The van der Waals surface area contributed by atoms with Gasteiger partial charge in [-0.25, -0.2) is 0 Å². The Labute approximate surface area is 322 Å². The summed E-state index contributed by atoms with van der Waals surface area (Å²) in [5.74, 6) is 3.35. The van der Waals surface area contributed by atoms with Gasteiger partial charge >= 0.3 is 0 Å². The fourth-order valence-corrected chi connectivity index (χ4v) is 15.1. The van der Waals surface area contributed by atoms with Crippen molar-refractivity contribution in [2.45, 2.75) is 75.0 Å². The van der Waals surface area contributed by atoms with Crippen LogP contribution in [0.5, 0.6) is 0 Å². The van der Waals surface area contributed by atoms with Gasteiger partial charge in [0, 0.05) is 42.4 Å². The topological polar surface area (TPSA) is 3.24 Å². The Morgan fingerprint density at radius 1 is 0.481 bits per heavy atom. The van der Waals surface area contributed by atoms with E-state index in [-0.39, 0.29) is 10.8 Å². The van der Waals surface area contributed by atoms with Crippen molar-refractivity contribution in [3.05, 3.63) is 150 Å². The smallest absolute Gasteiger partial charge is 0.0554 e. The first-order valence-electron chi connectivity index (χ1n) is 20.9. The molecule has 0 amide bonds. The summed E-state index contributed by atoms with van der Waals surface area (Å²) >= 11 is 1.93. The molecule has 4 bridgehead atoms. The SMILES string of the molecule is c1ccc2c(c1)-c1cc(N(c3ccc4c(c3)C3(c5ccccc5-4)C4CC5CC(C4)CC3C5)c3cccc4sc5ccccc5c34)ccc1C21CCCCC1. The van der Waals surface area contributed by atoms with Crippen LogP contribution in [0.1, 0.15) is 86.5 Å². The van der Waals surface area contributed by atoms with Crippen molar-refractivity contribution in [2.24, 2.45) is 23.7 Å². The largest absolute Gasteiger partial charge is 0.310 e. The first kappa shape index (κ1) is 30.6. The second kappa shape index (κ2) is 11.0. The van der Waals surface area contributed by atoms with Gasteiger partial charge in [0.25, 0.3) is 0 Å². The van der Waals surface area contributed by atoms with Crippen LogP contribution < -0.4 is 4.90 Å². The summed E-state index contributed by atoms with van der Waals surface area (Å²) in [4.78, 5) is 2.66. The Morgan fingerprint density at radius 3 is 1.93 bits per heavy atom. The molecule has 14 rings (SSSR count). The maximum Gasteiger partial charge on any atom is 0.0554 e. The average Bonchev–Trinajstić information content (AvgIpc) is 3.82. The fraction of sp³-hybridized carbons (Fsp3) is 0.308. The van der Waals surface area contributed by atoms with Crippen LogP contribution in [0.25, 0.3) is 42.4 Å². The van der Waals surface area contributed by atoms with Gasteiger partial charge in [-0.2, -0.15) is 0 Å². The van der Waals surface area contributed by atoms with Crippen molar-refractivity contribution >= 4 is 48.6 Å². The monoisotopic (exact) mass is 715 g/mol. The van der Waals surface area contributed by atoms with Gasteiger partial charge in [0.1, 0.15) is 0 Å². The highest BCUT2D eigenvalue weighted by molar-refractivity contribution is 7.26. The van der Waals surface area contributed by atoms with Gasteiger partial charge in [0.05, 0.1) is 5.69 Å². The van der Waals surface area contributed by atoms with E-state index in [2.05, 4.69) is 132 Å². The highest BCUT2D eigenvalue weighted by Crippen LogP contribution is 2.70. The van der Waals surface area contributed by atoms with Crippen molar-refractivity contribution in [3.63, 3.8) is 0 Å². The lowest BCUT2D eigenvalue weighted by molar-refractivity contribution is -0.0399. The second-order valence-electron chi connectivity index (χ2n) is 18.0. The van der Waals surface area contributed by atoms with Gasteiger partial charge in [-0.15, -0.1) is 11.3 Å². The fourth-order valence-electron chi connectivity index (χ4n) is 13.9. The minimum Gasteiger partial charge on any atom is -0.310 e. The van der Waals surface area contributed by atoms with Crippen LogP contribution in [0.15, 0.2) is 127 Å². The standard InChI is InChI=1S/C52H45NS/c1-8-23-51(24-9-1)43-14-5-2-12-39(43)42-30-36(20-22-44(42)51)53(47-16-10-18-49-50(47)41-13-4-7-17-48(41)54-49)37-19-21-40-38-11-3-6-15-45(38)52(46(40)31-37)34-26-32-25-33(28-34)29-35(52)27-32/h2-7,10-22,30-35H,1,8-9,23-29H2. The van der Waals surface area contributed by atoms with Crippen LogP contribution in [-0.4, -0.2) is 0 Å². The zero-order chi connectivity index (χ0) is 35.2. The average molecular weight is 716 g/mol. The molecule has 0 N–H and O–H groups in total. The summed E-state index contributed by atoms with van der Waals surface area (Å²) in [6, 6.07) is 50.3. The molecule has 54 heavy (non-hydrogen) atoms. The van der Waals surface area contributed by atoms with Crippen LogP contribution in [0, 0.1) is 23.7 Å². The molecule has 1 nitrogen and oxygen atoms in total. The van der Waals surface area contributed by atoms with Crippen molar-refractivity contribution in [2.75, 3.05) is 4.90 Å². The minimum atomic E-state index is 0.131. The van der Waals surface area contributed by atoms with E-state index >= 15 is 0 Å². The molecular formula is C52H45NS. The molecule has 7 aromatic rings. The number of thiophene rings is 1. The number of rotatable bonds is 3. The maximum absolute atomic E-state index is 2.69. The third-order valence-electron chi connectivity index (χ3n) is 15.6. The zero-order valence-electron chi connectivity index (χ0n) is 30.9. The van der Waals surface area contributed by atoms with E-state index in [0.29, 0.717) is 0 Å². The first-order valence-corrected chi connectivity index (χ1v) is 21.7. The van der Waals surface area contributed by atoms with E-state index < -0.39 is 0 Å². The third kappa shape index (κ3) is 3.86. The van der Waals surface area contributed by atoms with Gasteiger partial charge in [-0.3, -0.25) is 0 Å². The van der Waals surface area contributed by atoms with Crippen LogP contribution in [-0.2, 0) is 10.8 Å². The number of hydrogen-bond acceptors (Lipinski definition) is 2. The number of fused-ring (bicyclic) bond motifs is 11. The summed E-state index contributed by atoms with van der Waals surface area (Å²) < 4.78 is 2.72. The Kier molecular flexibility index (Phi) is 6.23. The van der Waals surface area contributed by atoms with Crippen LogP contribution in [0.2, 0.25) is 0 Å². The molecule has 2 heteroatoms. The summed E-state index contributed by atoms with van der Waals surface area (Å²) in [6.07, 6.45) is 13.6. The second-order valence-corrected chi connectivity index (χ2v) is 19.0. The van der Waals surface area contributed by atoms with Gasteiger partial charge in [0.15, 0.2) is 0 Å². The number of hydrogen-bond donors (Lipinski definition) is 0. The van der Waals surface area contributed by atoms with E-state index in [4.69, 9.17) is 0 Å². The molecule has 1 aromatic heterocycles. The van der Waals surface area contributed by atoms with Crippen molar-refractivity contribution in [3.8, 4) is 22.3 Å². The molecule has 7 aliphatic carbocycles. The van der Waals surface area contributed by atoms with E-state index in [9.17, 15) is 0 Å². The van der Waals surface area contributed by atoms with Crippen molar-refractivity contribution in [1.82, 2.24) is 0 Å². The minimum absolute atomic E-state index is 0.131. The van der Waals surface area contributed by atoms with Crippen LogP contribution >= 0.6 is 11.3 Å². The zero-order valence-corrected chi connectivity index (χ0v) is 31.7. The Morgan fingerprint density at radius 2 is 1.11 bits per heavy atom. The predicted molar refractivity (Wildman–Crippen MR) is 227 cm³/mol. The molecule has 0 atom stereocenters. The normalized spacial score (nSPS) is 26.4. The molecule has 0 radical (unpaired) electrons. The predicted octanol–water partition coefficient (Wildman–Crippen LogP) is 14.5. The maximum atomic E-state index is 2.69. The van der Waals surface area contributed by atoms with E-state index in [0.717, 1.165) is 23.7 Å². The molecule has 5 fully saturated rings. The number of nitrogens with zero attached hydrogens (tertiary/aromatic N) is 1. The third-order valence-corrected chi connectivity index (χ3v) is 16.8. The van der Waals surface area contributed by atoms with Crippen LogP contribution in [0.4, 0.5) is 17.1 Å². The Bertz CT molecular complexity index is 2660. The lowest BCUT2D eigenvalue weighted by Gasteiger charge is -2.61. The van der Waals surface area contributed by atoms with Gasteiger partial charge < -0.3 is 4.90 Å².